The lowest BCUT2D eigenvalue weighted by atomic mass is 10.1. The van der Waals surface area contributed by atoms with E-state index in [1.54, 1.807) is 17.5 Å². The molecule has 0 aliphatic carbocycles. The second-order valence-corrected chi connectivity index (χ2v) is 8.45. The molecule has 0 atom stereocenters. The van der Waals surface area contributed by atoms with Crippen LogP contribution in [0.25, 0.3) is 5.57 Å². The zero-order valence-corrected chi connectivity index (χ0v) is 19.0. The van der Waals surface area contributed by atoms with Gasteiger partial charge in [0, 0.05) is 54.8 Å². The molecule has 1 aliphatic heterocycles. The highest BCUT2D eigenvalue weighted by molar-refractivity contribution is 7.16. The summed E-state index contributed by atoms with van der Waals surface area (Å²) in [7, 11) is 3.76. The monoisotopic (exact) mass is 438 g/mol. The first kappa shape index (κ1) is 22.9. The highest BCUT2D eigenvalue weighted by Crippen LogP contribution is 2.33. The summed E-state index contributed by atoms with van der Waals surface area (Å²) >= 11 is 1.62. The predicted molar refractivity (Wildman–Crippen MR) is 129 cm³/mol. The van der Waals surface area contributed by atoms with Gasteiger partial charge < -0.3 is 16.0 Å². The van der Waals surface area contributed by atoms with Gasteiger partial charge in [-0.05, 0) is 51.7 Å². The van der Waals surface area contributed by atoms with Crippen molar-refractivity contribution in [3.05, 3.63) is 40.2 Å². The molecule has 2 aromatic heterocycles. The third-order valence-electron chi connectivity index (χ3n) is 5.34. The van der Waals surface area contributed by atoms with Gasteiger partial charge in [0.2, 0.25) is 0 Å². The fourth-order valence-electron chi connectivity index (χ4n) is 3.75. The Labute approximate surface area is 187 Å². The van der Waals surface area contributed by atoms with Crippen LogP contribution in [0.5, 0.6) is 0 Å². The van der Waals surface area contributed by atoms with Crippen LogP contribution >= 0.6 is 11.3 Å². The lowest BCUT2D eigenvalue weighted by molar-refractivity contribution is 0.343. The van der Waals surface area contributed by atoms with E-state index >= 15 is 0 Å². The van der Waals surface area contributed by atoms with Crippen molar-refractivity contribution in [2.45, 2.75) is 31.8 Å². The molecule has 3 heterocycles. The summed E-state index contributed by atoms with van der Waals surface area (Å²) in [6.45, 7) is 6.96. The lowest BCUT2D eigenvalue weighted by Crippen LogP contribution is -2.29. The molecule has 164 valence electrons. The van der Waals surface area contributed by atoms with Crippen molar-refractivity contribution in [2.24, 2.45) is 9.98 Å². The van der Waals surface area contributed by atoms with Crippen LogP contribution in [0.1, 0.15) is 40.5 Å². The molecule has 2 aromatic rings. The Hall–Kier alpha value is -2.80. The standard InChI is InChI=1S/C22H30N8S/c1-24-11-16(17-13-29-30(15-17)18-4-7-27-8-5-18)12-28-9-6-19-20(10-23)22(26-3)31-21(19)14-25-2/h11-13,15,18,25-27H,1,4-9,14H2,2-3H3/b16-11+,28-12-. The first-order valence-corrected chi connectivity index (χ1v) is 11.3. The molecule has 1 saturated heterocycles. The number of hydrogen-bond donors (Lipinski definition) is 3. The van der Waals surface area contributed by atoms with Gasteiger partial charge in [0.1, 0.15) is 11.1 Å². The topological polar surface area (TPSA) is 102 Å². The molecule has 0 amide bonds. The third-order valence-corrected chi connectivity index (χ3v) is 6.59. The van der Waals surface area contributed by atoms with Crippen LogP contribution in [-0.2, 0) is 13.0 Å². The van der Waals surface area contributed by atoms with Crippen molar-refractivity contribution in [1.82, 2.24) is 20.4 Å². The van der Waals surface area contributed by atoms with Crippen LogP contribution in [-0.4, -0.2) is 56.4 Å². The van der Waals surface area contributed by atoms with Crippen molar-refractivity contribution in [3.63, 3.8) is 0 Å². The molecule has 9 heteroatoms. The minimum Gasteiger partial charge on any atom is -0.379 e. The molecule has 0 unspecified atom stereocenters. The van der Waals surface area contributed by atoms with E-state index < -0.39 is 0 Å². The number of nitrogens with zero attached hydrogens (tertiary/aromatic N) is 5. The Balaban J connectivity index is 1.70. The molecule has 3 N–H and O–H groups in total. The van der Waals surface area contributed by atoms with E-state index in [4.69, 9.17) is 0 Å². The average molecular weight is 439 g/mol. The summed E-state index contributed by atoms with van der Waals surface area (Å²) in [4.78, 5) is 9.74. The number of aliphatic imine (C=N–C) groups is 2. The van der Waals surface area contributed by atoms with E-state index in [9.17, 15) is 5.26 Å². The second-order valence-electron chi connectivity index (χ2n) is 7.34. The normalized spacial score (nSPS) is 15.3. The van der Waals surface area contributed by atoms with Crippen LogP contribution in [0.15, 0.2) is 28.6 Å². The van der Waals surface area contributed by atoms with Gasteiger partial charge in [0.25, 0.3) is 0 Å². The van der Waals surface area contributed by atoms with Crippen LogP contribution < -0.4 is 16.0 Å². The van der Waals surface area contributed by atoms with Crippen molar-refractivity contribution in [3.8, 4) is 6.07 Å². The maximum Gasteiger partial charge on any atom is 0.107 e. The Bertz CT molecular complexity index is 972. The maximum absolute atomic E-state index is 9.60. The molecule has 1 fully saturated rings. The van der Waals surface area contributed by atoms with Crippen LogP contribution in [0, 0.1) is 11.3 Å². The average Bonchev–Trinajstić information content (AvgIpc) is 3.42. The number of aromatic nitrogens is 2. The van der Waals surface area contributed by atoms with E-state index in [1.165, 1.54) is 4.88 Å². The van der Waals surface area contributed by atoms with Gasteiger partial charge in [0.15, 0.2) is 0 Å². The van der Waals surface area contributed by atoms with E-state index in [1.807, 2.05) is 26.5 Å². The maximum atomic E-state index is 9.60. The van der Waals surface area contributed by atoms with Gasteiger partial charge in [0.05, 0.1) is 17.8 Å². The van der Waals surface area contributed by atoms with E-state index in [0.29, 0.717) is 19.0 Å². The minimum absolute atomic E-state index is 0.430. The fraction of sp³-hybridized carbons (Fsp3) is 0.455. The zero-order chi connectivity index (χ0) is 22.1. The van der Waals surface area contributed by atoms with Crippen molar-refractivity contribution in [2.75, 3.05) is 39.0 Å². The van der Waals surface area contributed by atoms with Gasteiger partial charge in [-0.25, -0.2) is 0 Å². The molecular weight excluding hydrogens is 408 g/mol. The Morgan fingerprint density at radius 3 is 2.94 bits per heavy atom. The van der Waals surface area contributed by atoms with Crippen LogP contribution in [0.2, 0.25) is 0 Å². The van der Waals surface area contributed by atoms with Gasteiger partial charge in [-0.15, -0.1) is 11.3 Å². The summed E-state index contributed by atoms with van der Waals surface area (Å²) in [5, 5.41) is 24.8. The number of piperidine rings is 1. The Morgan fingerprint density at radius 1 is 1.45 bits per heavy atom. The van der Waals surface area contributed by atoms with Crippen molar-refractivity contribution in [1.29, 1.82) is 5.26 Å². The molecular formula is C22H30N8S. The second kappa shape index (κ2) is 11.6. The molecule has 0 spiro atoms. The quantitative estimate of drug-likeness (QED) is 0.495. The zero-order valence-electron chi connectivity index (χ0n) is 18.2. The molecule has 1 aliphatic rings. The first-order chi connectivity index (χ1) is 15.2. The SMILES string of the molecule is C=N/C=C(\C=N/CCc1c(CNC)sc(NC)c1C#N)c1cnn(C2CCNCC2)c1. The third kappa shape index (κ3) is 5.67. The van der Waals surface area contributed by atoms with Crippen LogP contribution in [0.4, 0.5) is 5.00 Å². The summed E-state index contributed by atoms with van der Waals surface area (Å²) in [5.74, 6) is 0. The molecule has 0 aromatic carbocycles. The lowest BCUT2D eigenvalue weighted by Gasteiger charge is -2.22. The number of nitriles is 1. The molecule has 31 heavy (non-hydrogen) atoms. The van der Waals surface area contributed by atoms with Crippen molar-refractivity contribution >= 4 is 34.8 Å². The minimum atomic E-state index is 0.430. The van der Waals surface area contributed by atoms with Gasteiger partial charge >= 0.3 is 0 Å². The molecule has 0 radical (unpaired) electrons. The number of rotatable bonds is 10. The highest BCUT2D eigenvalue weighted by atomic mass is 32.1. The largest absolute Gasteiger partial charge is 0.379 e. The Morgan fingerprint density at radius 2 is 2.26 bits per heavy atom. The van der Waals surface area contributed by atoms with Crippen molar-refractivity contribution < 1.29 is 0 Å². The number of thiophene rings is 1. The van der Waals surface area contributed by atoms with E-state index in [0.717, 1.165) is 59.7 Å². The molecule has 0 bridgehead atoms. The molecule has 8 nitrogen and oxygen atoms in total. The molecule has 0 saturated carbocycles. The number of allylic oxidation sites excluding steroid dienone is 1. The summed E-state index contributed by atoms with van der Waals surface area (Å²) in [5.41, 5.74) is 3.65. The number of anilines is 1. The van der Waals surface area contributed by atoms with Gasteiger partial charge in [-0.1, -0.05) is 0 Å². The van der Waals surface area contributed by atoms with E-state index in [2.05, 4.69) is 54.7 Å². The van der Waals surface area contributed by atoms with Crippen LogP contribution in [0.3, 0.4) is 0 Å². The van der Waals surface area contributed by atoms with E-state index in [-0.39, 0.29) is 0 Å². The fourth-order valence-corrected chi connectivity index (χ4v) is 4.92. The van der Waals surface area contributed by atoms with Gasteiger partial charge in [-0.3, -0.25) is 14.7 Å². The number of nitrogens with one attached hydrogen (secondary N) is 3. The summed E-state index contributed by atoms with van der Waals surface area (Å²) in [6.07, 6.45) is 10.3. The summed E-state index contributed by atoms with van der Waals surface area (Å²) in [6, 6.07) is 2.77. The van der Waals surface area contributed by atoms with Gasteiger partial charge in [-0.2, -0.15) is 10.4 Å². The highest BCUT2D eigenvalue weighted by Gasteiger charge is 2.17. The smallest absolute Gasteiger partial charge is 0.107 e. The molecule has 3 rings (SSSR count). The summed E-state index contributed by atoms with van der Waals surface area (Å²) < 4.78 is 2.05. The first-order valence-electron chi connectivity index (χ1n) is 10.5. The predicted octanol–water partition coefficient (Wildman–Crippen LogP) is 2.86. The number of hydrogen-bond acceptors (Lipinski definition) is 8. The Kier molecular flexibility index (Phi) is 8.53.